The number of hydrogen-bond donors (Lipinski definition) is 2. The van der Waals surface area contributed by atoms with Crippen LogP contribution < -0.4 is 10.1 Å². The molecule has 3 rings (SSSR count). The fourth-order valence-corrected chi connectivity index (χ4v) is 2.17. The van der Waals surface area contributed by atoms with Gasteiger partial charge in [-0.1, -0.05) is 12.1 Å². The molecule has 0 unspecified atom stereocenters. The zero-order valence-corrected chi connectivity index (χ0v) is 11.9. The molecule has 2 aromatic heterocycles. The Morgan fingerprint density at radius 3 is 3.05 bits per heavy atom. The van der Waals surface area contributed by atoms with E-state index in [0.29, 0.717) is 22.6 Å². The van der Waals surface area contributed by atoms with Crippen LogP contribution in [0.15, 0.2) is 47.1 Å². The van der Waals surface area contributed by atoms with Gasteiger partial charge in [-0.2, -0.15) is 0 Å². The maximum atomic E-state index is 12.3. The molecule has 6 nitrogen and oxygen atoms in total. The van der Waals surface area contributed by atoms with Gasteiger partial charge in [0.25, 0.3) is 5.91 Å². The highest BCUT2D eigenvalue weighted by Crippen LogP contribution is 2.28. The van der Waals surface area contributed by atoms with Gasteiger partial charge in [0.2, 0.25) is 0 Å². The van der Waals surface area contributed by atoms with E-state index >= 15 is 0 Å². The minimum Gasteiger partial charge on any atom is -0.493 e. The van der Waals surface area contributed by atoms with Gasteiger partial charge in [-0.15, -0.1) is 0 Å². The molecular formula is C16H14N2O4. The number of carbonyl (C=O) groups excluding carboxylic acids is 1. The number of fused-ring (bicyclic) bond motifs is 1. The van der Waals surface area contributed by atoms with Crippen molar-refractivity contribution < 1.29 is 19.1 Å². The zero-order valence-electron chi connectivity index (χ0n) is 11.9. The number of hydrogen-bond acceptors (Lipinski definition) is 5. The molecule has 0 saturated carbocycles. The molecule has 2 heterocycles. The number of anilines is 1. The van der Waals surface area contributed by atoms with Crippen molar-refractivity contribution in [2.45, 2.75) is 6.61 Å². The molecule has 0 aliphatic rings. The minimum absolute atomic E-state index is 0.159. The Balaban J connectivity index is 1.92. The summed E-state index contributed by atoms with van der Waals surface area (Å²) in [7, 11) is 1.54. The standard InChI is InChI=1S/C16H14N2O4/c1-21-13-4-2-3-10-7-14(22-15(10)13)16(20)18-12-8-17-6-5-11(12)9-19/h2-8,19H,9H2,1H3,(H,18,20). The summed E-state index contributed by atoms with van der Waals surface area (Å²) >= 11 is 0. The van der Waals surface area contributed by atoms with Gasteiger partial charge in [-0.05, 0) is 18.2 Å². The van der Waals surface area contributed by atoms with Gasteiger partial charge >= 0.3 is 0 Å². The van der Waals surface area contributed by atoms with Gasteiger partial charge in [0, 0.05) is 17.1 Å². The molecule has 2 N–H and O–H groups in total. The lowest BCUT2D eigenvalue weighted by Gasteiger charge is -2.06. The van der Waals surface area contributed by atoms with Crippen molar-refractivity contribution in [2.75, 3.05) is 12.4 Å². The average molecular weight is 298 g/mol. The molecule has 1 amide bonds. The Labute approximate surface area is 126 Å². The minimum atomic E-state index is -0.416. The second-order valence-corrected chi connectivity index (χ2v) is 4.63. The van der Waals surface area contributed by atoms with E-state index in [1.807, 2.05) is 12.1 Å². The second kappa shape index (κ2) is 5.87. The number of aromatic nitrogens is 1. The first-order chi connectivity index (χ1) is 10.7. The highest BCUT2D eigenvalue weighted by molar-refractivity contribution is 6.05. The van der Waals surface area contributed by atoms with Gasteiger partial charge in [0.15, 0.2) is 17.1 Å². The van der Waals surface area contributed by atoms with Crippen molar-refractivity contribution in [1.29, 1.82) is 0 Å². The molecule has 112 valence electrons. The van der Waals surface area contributed by atoms with Gasteiger partial charge < -0.3 is 19.6 Å². The number of aliphatic hydroxyl groups is 1. The number of methoxy groups -OCH3 is 1. The summed E-state index contributed by atoms with van der Waals surface area (Å²) in [5, 5.41) is 12.7. The predicted molar refractivity (Wildman–Crippen MR) is 80.9 cm³/mol. The molecule has 0 radical (unpaired) electrons. The summed E-state index contributed by atoms with van der Waals surface area (Å²) in [5.74, 6) is 0.308. The number of ether oxygens (including phenoxy) is 1. The number of amides is 1. The van der Waals surface area contributed by atoms with E-state index in [1.54, 1.807) is 31.5 Å². The second-order valence-electron chi connectivity index (χ2n) is 4.63. The molecule has 1 aromatic carbocycles. The van der Waals surface area contributed by atoms with E-state index in [4.69, 9.17) is 9.15 Å². The van der Waals surface area contributed by atoms with Crippen molar-refractivity contribution >= 4 is 22.6 Å². The van der Waals surface area contributed by atoms with Crippen LogP contribution in [0.3, 0.4) is 0 Å². The molecular weight excluding hydrogens is 284 g/mol. The van der Waals surface area contributed by atoms with Crippen molar-refractivity contribution in [2.24, 2.45) is 0 Å². The molecule has 0 saturated heterocycles. The lowest BCUT2D eigenvalue weighted by molar-refractivity contribution is 0.0998. The summed E-state index contributed by atoms with van der Waals surface area (Å²) in [4.78, 5) is 16.2. The predicted octanol–water partition coefficient (Wildman–Crippen LogP) is 2.58. The Morgan fingerprint density at radius 2 is 2.27 bits per heavy atom. The number of nitrogens with zero attached hydrogens (tertiary/aromatic N) is 1. The van der Waals surface area contributed by atoms with Crippen LogP contribution in [0.1, 0.15) is 16.1 Å². The van der Waals surface area contributed by atoms with Crippen LogP contribution in [0.2, 0.25) is 0 Å². The molecule has 0 bridgehead atoms. The normalized spacial score (nSPS) is 10.6. The first-order valence-electron chi connectivity index (χ1n) is 6.64. The van der Waals surface area contributed by atoms with Gasteiger partial charge in [-0.25, -0.2) is 0 Å². The van der Waals surface area contributed by atoms with E-state index in [2.05, 4.69) is 10.3 Å². The van der Waals surface area contributed by atoms with Crippen molar-refractivity contribution in [1.82, 2.24) is 4.98 Å². The third-order valence-corrected chi connectivity index (χ3v) is 3.28. The van der Waals surface area contributed by atoms with Gasteiger partial charge in [0.05, 0.1) is 25.6 Å². The summed E-state index contributed by atoms with van der Waals surface area (Å²) < 4.78 is 10.8. The first-order valence-corrected chi connectivity index (χ1v) is 6.64. The number of pyridine rings is 1. The Kier molecular flexibility index (Phi) is 3.76. The molecule has 0 aliphatic heterocycles. The molecule has 0 aliphatic carbocycles. The zero-order chi connectivity index (χ0) is 15.5. The van der Waals surface area contributed by atoms with E-state index in [-0.39, 0.29) is 12.4 Å². The molecule has 6 heteroatoms. The summed E-state index contributed by atoms with van der Waals surface area (Å²) in [5.41, 5.74) is 1.54. The van der Waals surface area contributed by atoms with Crippen LogP contribution >= 0.6 is 0 Å². The Morgan fingerprint density at radius 1 is 1.41 bits per heavy atom. The average Bonchev–Trinajstić information content (AvgIpc) is 2.99. The quantitative estimate of drug-likeness (QED) is 0.773. The first kappa shape index (κ1) is 14.1. The number of nitrogens with one attached hydrogen (secondary N) is 1. The van der Waals surface area contributed by atoms with Gasteiger partial charge in [-0.3, -0.25) is 9.78 Å². The van der Waals surface area contributed by atoms with Crippen LogP contribution in [0, 0.1) is 0 Å². The fraction of sp³-hybridized carbons (Fsp3) is 0.125. The topological polar surface area (TPSA) is 84.6 Å². The number of furan rings is 1. The van der Waals surface area contributed by atoms with Crippen LogP contribution in [0.4, 0.5) is 5.69 Å². The molecule has 0 atom stereocenters. The van der Waals surface area contributed by atoms with Crippen molar-refractivity contribution in [3.8, 4) is 5.75 Å². The highest BCUT2D eigenvalue weighted by Gasteiger charge is 2.16. The highest BCUT2D eigenvalue weighted by atomic mass is 16.5. The lowest BCUT2D eigenvalue weighted by atomic mass is 10.2. The molecule has 22 heavy (non-hydrogen) atoms. The van der Waals surface area contributed by atoms with Gasteiger partial charge in [0.1, 0.15) is 0 Å². The third-order valence-electron chi connectivity index (χ3n) is 3.28. The maximum Gasteiger partial charge on any atom is 0.291 e. The fourth-order valence-electron chi connectivity index (χ4n) is 2.17. The van der Waals surface area contributed by atoms with E-state index in [0.717, 1.165) is 5.39 Å². The number of para-hydroxylation sites is 1. The van der Waals surface area contributed by atoms with E-state index in [1.165, 1.54) is 6.20 Å². The number of aliphatic hydroxyl groups excluding tert-OH is 1. The largest absolute Gasteiger partial charge is 0.493 e. The van der Waals surface area contributed by atoms with Crippen LogP contribution in [0.25, 0.3) is 11.0 Å². The summed E-state index contributed by atoms with van der Waals surface area (Å²) in [6.07, 6.45) is 3.03. The van der Waals surface area contributed by atoms with Crippen molar-refractivity contribution in [3.05, 3.63) is 54.0 Å². The number of benzene rings is 1. The third kappa shape index (κ3) is 2.51. The number of carbonyl (C=O) groups is 1. The summed E-state index contributed by atoms with van der Waals surface area (Å²) in [6, 6.07) is 8.70. The lowest BCUT2D eigenvalue weighted by Crippen LogP contribution is -2.12. The van der Waals surface area contributed by atoms with Crippen LogP contribution in [0.5, 0.6) is 5.75 Å². The Hall–Kier alpha value is -2.86. The van der Waals surface area contributed by atoms with E-state index < -0.39 is 5.91 Å². The molecule has 3 aromatic rings. The smallest absolute Gasteiger partial charge is 0.291 e. The molecule has 0 fully saturated rings. The Bertz CT molecular complexity index is 826. The van der Waals surface area contributed by atoms with Crippen LogP contribution in [-0.2, 0) is 6.61 Å². The summed E-state index contributed by atoms with van der Waals surface area (Å²) in [6.45, 7) is -0.188. The molecule has 0 spiro atoms. The maximum absolute atomic E-state index is 12.3. The SMILES string of the molecule is COc1cccc2cc(C(=O)Nc3cnccc3CO)oc12. The van der Waals surface area contributed by atoms with E-state index in [9.17, 15) is 9.90 Å². The monoisotopic (exact) mass is 298 g/mol. The van der Waals surface area contributed by atoms with Crippen LogP contribution in [-0.4, -0.2) is 23.1 Å². The number of rotatable bonds is 4. The van der Waals surface area contributed by atoms with Crippen molar-refractivity contribution in [3.63, 3.8) is 0 Å².